The molecule has 3 atom stereocenters. The van der Waals surface area contributed by atoms with Crippen LogP contribution in [0.25, 0.3) is 0 Å². The highest BCUT2D eigenvalue weighted by Crippen LogP contribution is 2.51. The molecule has 4 nitrogen and oxygen atoms in total. The van der Waals surface area contributed by atoms with Crippen LogP contribution in [0.15, 0.2) is 71.6 Å². The molecule has 0 amide bonds. The molecule has 1 aliphatic carbocycles. The maximum absolute atomic E-state index is 13.2. The zero-order chi connectivity index (χ0) is 23.3. The first-order chi connectivity index (χ1) is 15.7. The number of fused-ring (bicyclic) bond motifs is 3. The first-order valence-corrected chi connectivity index (χ1v) is 13.2. The normalized spacial score (nSPS) is 21.3. The maximum Gasteiger partial charge on any atom is 0.261 e. The Morgan fingerprint density at radius 2 is 1.79 bits per heavy atom. The molecule has 0 bridgehead atoms. The zero-order valence-electron chi connectivity index (χ0n) is 17.6. The summed E-state index contributed by atoms with van der Waals surface area (Å²) in [6, 6.07) is 15.9. The fraction of sp³-hybridized carbons (Fsp3) is 0.200. The van der Waals surface area contributed by atoms with Crippen LogP contribution in [-0.4, -0.2) is 8.42 Å². The average Bonchev–Trinajstić information content (AvgIpc) is 3.26. The van der Waals surface area contributed by atoms with Gasteiger partial charge >= 0.3 is 0 Å². The van der Waals surface area contributed by atoms with Crippen molar-refractivity contribution in [3.63, 3.8) is 0 Å². The quantitative estimate of drug-likeness (QED) is 0.349. The molecule has 1 heterocycles. The number of benzene rings is 3. The predicted octanol–water partition coefficient (Wildman–Crippen LogP) is 7.58. The molecule has 170 valence electrons. The standard InChI is InChI=1S/C25H21Cl3N2O2S/c1-14-21(27)6-3-7-23(14)30-33(31,32)16-9-11-24-20(13-16)17-4-2-5-18(17)25(29-24)19-10-8-15(26)12-22(19)28/h2-4,6-13,17-18,25,29-30H,5H2,1H3/t17-,18+,25+/m1/s1. The molecule has 5 rings (SSSR count). The SMILES string of the molecule is Cc1c(Cl)cccc1NS(=O)(=O)c1ccc2c(c1)[C@@H]1C=CC[C@@H]1[C@@H](c1ccc(Cl)cc1Cl)N2. The van der Waals surface area contributed by atoms with E-state index in [0.717, 1.165) is 23.2 Å². The molecule has 2 aliphatic rings. The average molecular weight is 520 g/mol. The van der Waals surface area contributed by atoms with Crippen LogP contribution in [0.2, 0.25) is 15.1 Å². The topological polar surface area (TPSA) is 58.2 Å². The van der Waals surface area contributed by atoms with Crippen molar-refractivity contribution in [1.29, 1.82) is 0 Å². The molecule has 8 heteroatoms. The Bertz CT molecular complexity index is 1390. The Morgan fingerprint density at radius 1 is 0.970 bits per heavy atom. The predicted molar refractivity (Wildman–Crippen MR) is 136 cm³/mol. The summed E-state index contributed by atoms with van der Waals surface area (Å²) >= 11 is 18.8. The van der Waals surface area contributed by atoms with Crippen molar-refractivity contribution in [2.45, 2.75) is 30.2 Å². The fourth-order valence-corrected chi connectivity index (χ4v) is 6.58. The highest BCUT2D eigenvalue weighted by Gasteiger charge is 2.39. The third-order valence-electron chi connectivity index (χ3n) is 6.45. The van der Waals surface area contributed by atoms with Crippen LogP contribution in [0, 0.1) is 12.8 Å². The van der Waals surface area contributed by atoms with Gasteiger partial charge in [-0.05, 0) is 78.4 Å². The van der Waals surface area contributed by atoms with Gasteiger partial charge in [0.15, 0.2) is 0 Å². The number of anilines is 2. The smallest absolute Gasteiger partial charge is 0.261 e. The Morgan fingerprint density at radius 3 is 2.58 bits per heavy atom. The minimum atomic E-state index is -3.79. The van der Waals surface area contributed by atoms with E-state index in [1.165, 1.54) is 0 Å². The molecule has 0 saturated heterocycles. The summed E-state index contributed by atoms with van der Waals surface area (Å²) < 4.78 is 29.0. The van der Waals surface area contributed by atoms with Gasteiger partial charge in [-0.15, -0.1) is 0 Å². The van der Waals surface area contributed by atoms with Crippen molar-refractivity contribution >= 4 is 56.2 Å². The first-order valence-electron chi connectivity index (χ1n) is 10.5. The molecule has 0 fully saturated rings. The van der Waals surface area contributed by atoms with E-state index in [0.29, 0.717) is 26.3 Å². The van der Waals surface area contributed by atoms with Crippen LogP contribution >= 0.6 is 34.8 Å². The van der Waals surface area contributed by atoms with Gasteiger partial charge in [-0.1, -0.05) is 59.1 Å². The lowest BCUT2D eigenvalue weighted by Gasteiger charge is -2.38. The Labute approximate surface area is 208 Å². The van der Waals surface area contributed by atoms with Crippen molar-refractivity contribution in [3.8, 4) is 0 Å². The molecule has 1 aliphatic heterocycles. The lowest BCUT2D eigenvalue weighted by molar-refractivity contribution is 0.425. The second-order valence-corrected chi connectivity index (χ2v) is 11.3. The van der Waals surface area contributed by atoms with Crippen molar-refractivity contribution in [2.24, 2.45) is 5.92 Å². The molecule has 33 heavy (non-hydrogen) atoms. The monoisotopic (exact) mass is 518 g/mol. The van der Waals surface area contributed by atoms with E-state index in [9.17, 15) is 8.42 Å². The summed E-state index contributed by atoms with van der Waals surface area (Å²) in [6.07, 6.45) is 5.18. The maximum atomic E-state index is 13.2. The number of halogens is 3. The fourth-order valence-electron chi connectivity index (χ4n) is 4.72. The highest BCUT2D eigenvalue weighted by molar-refractivity contribution is 7.92. The van der Waals surface area contributed by atoms with Gasteiger partial charge in [0, 0.05) is 26.7 Å². The number of hydrogen-bond acceptors (Lipinski definition) is 3. The summed E-state index contributed by atoms with van der Waals surface area (Å²) in [5.74, 6) is 0.304. The molecule has 0 spiro atoms. The van der Waals surface area contributed by atoms with Crippen molar-refractivity contribution in [1.82, 2.24) is 0 Å². The summed E-state index contributed by atoms with van der Waals surface area (Å²) in [5, 5.41) is 5.32. The molecule has 0 aromatic heterocycles. The van der Waals surface area contributed by atoms with Crippen molar-refractivity contribution in [2.75, 3.05) is 10.0 Å². The van der Waals surface area contributed by atoms with Crippen LogP contribution in [0.5, 0.6) is 0 Å². The molecular weight excluding hydrogens is 499 g/mol. The number of nitrogens with one attached hydrogen (secondary N) is 2. The van der Waals surface area contributed by atoms with E-state index in [1.807, 2.05) is 18.2 Å². The third-order valence-corrected chi connectivity index (χ3v) is 8.79. The number of rotatable bonds is 4. The van der Waals surface area contributed by atoms with E-state index in [2.05, 4.69) is 22.2 Å². The van der Waals surface area contributed by atoms with Gasteiger partial charge in [0.25, 0.3) is 10.0 Å². The zero-order valence-corrected chi connectivity index (χ0v) is 20.7. The van der Waals surface area contributed by atoms with E-state index in [4.69, 9.17) is 34.8 Å². The van der Waals surface area contributed by atoms with Crippen molar-refractivity contribution < 1.29 is 8.42 Å². The largest absolute Gasteiger partial charge is 0.378 e. The second-order valence-electron chi connectivity index (χ2n) is 8.41. The van der Waals surface area contributed by atoms with Gasteiger partial charge in [0.2, 0.25) is 0 Å². The molecule has 0 radical (unpaired) electrons. The van der Waals surface area contributed by atoms with E-state index in [-0.39, 0.29) is 22.8 Å². The van der Waals surface area contributed by atoms with E-state index >= 15 is 0 Å². The molecular formula is C25H21Cl3N2O2S. The number of hydrogen-bond donors (Lipinski definition) is 2. The molecule has 0 unspecified atom stereocenters. The minimum Gasteiger partial charge on any atom is -0.378 e. The van der Waals surface area contributed by atoms with Crippen LogP contribution in [0.3, 0.4) is 0 Å². The van der Waals surface area contributed by atoms with Gasteiger partial charge in [-0.3, -0.25) is 4.72 Å². The molecule has 0 saturated carbocycles. The summed E-state index contributed by atoms with van der Waals surface area (Å²) in [5.41, 5.74) is 4.00. The lowest BCUT2D eigenvalue weighted by atomic mass is 9.77. The van der Waals surface area contributed by atoms with Gasteiger partial charge in [0.05, 0.1) is 16.6 Å². The first kappa shape index (κ1) is 22.6. The van der Waals surface area contributed by atoms with E-state index in [1.54, 1.807) is 43.3 Å². The molecule has 3 aromatic rings. The minimum absolute atomic E-state index is 0.00282. The Balaban J connectivity index is 1.51. The van der Waals surface area contributed by atoms with Crippen molar-refractivity contribution in [3.05, 3.63) is 98.5 Å². The van der Waals surface area contributed by atoms with Crippen LogP contribution in [0.1, 0.15) is 35.1 Å². The number of allylic oxidation sites excluding steroid dienone is 2. The number of sulfonamides is 1. The molecule has 2 N–H and O–H groups in total. The van der Waals surface area contributed by atoms with Gasteiger partial charge < -0.3 is 5.32 Å². The molecule has 3 aromatic carbocycles. The third kappa shape index (κ3) is 4.12. The van der Waals surface area contributed by atoms with Gasteiger partial charge in [0.1, 0.15) is 0 Å². The Hall–Kier alpha value is -2.18. The summed E-state index contributed by atoms with van der Waals surface area (Å²) in [4.78, 5) is 0.212. The van der Waals surface area contributed by atoms with Gasteiger partial charge in [-0.2, -0.15) is 0 Å². The highest BCUT2D eigenvalue weighted by atomic mass is 35.5. The Kier molecular flexibility index (Phi) is 5.86. The van der Waals surface area contributed by atoms with Crippen LogP contribution in [-0.2, 0) is 10.0 Å². The van der Waals surface area contributed by atoms with Gasteiger partial charge in [-0.25, -0.2) is 8.42 Å². The van der Waals surface area contributed by atoms with Crippen LogP contribution in [0.4, 0.5) is 11.4 Å². The second kappa shape index (κ2) is 8.55. The summed E-state index contributed by atoms with van der Waals surface area (Å²) in [6.45, 7) is 1.78. The summed E-state index contributed by atoms with van der Waals surface area (Å²) in [7, 11) is -3.79. The van der Waals surface area contributed by atoms with Crippen LogP contribution < -0.4 is 10.0 Å². The van der Waals surface area contributed by atoms with E-state index < -0.39 is 10.0 Å². The lowest BCUT2D eigenvalue weighted by Crippen LogP contribution is -2.29.